The average molecular weight is 299 g/mol. The zero-order valence-corrected chi connectivity index (χ0v) is 11.6. The lowest BCUT2D eigenvalue weighted by Gasteiger charge is -2.32. The average Bonchev–Trinajstić information content (AvgIpc) is 2.94. The third kappa shape index (κ3) is 1.86. The predicted molar refractivity (Wildman–Crippen MR) is 82.3 cm³/mol. The van der Waals surface area contributed by atoms with Crippen LogP contribution in [0.1, 0.15) is 11.7 Å². The van der Waals surface area contributed by atoms with Gasteiger partial charge in [-0.15, -0.1) is 0 Å². The van der Waals surface area contributed by atoms with Crippen molar-refractivity contribution in [3.63, 3.8) is 0 Å². The van der Waals surface area contributed by atoms with Gasteiger partial charge in [0.2, 0.25) is 5.84 Å². The molecule has 6 heteroatoms. The van der Waals surface area contributed by atoms with E-state index < -0.39 is 0 Å². The maximum Gasteiger partial charge on any atom is 0.293 e. The molecule has 104 valence electrons. The van der Waals surface area contributed by atoms with Gasteiger partial charge in [-0.1, -0.05) is 35.9 Å². The third-order valence-corrected chi connectivity index (χ3v) is 3.83. The van der Waals surface area contributed by atoms with Gasteiger partial charge in [0, 0.05) is 5.02 Å². The van der Waals surface area contributed by atoms with E-state index >= 15 is 0 Å². The number of halogens is 1. The highest BCUT2D eigenvalue weighted by Gasteiger charge is 2.38. The summed E-state index contributed by atoms with van der Waals surface area (Å²) in [4.78, 5) is 14.0. The minimum atomic E-state index is -0.218. The third-order valence-electron chi connectivity index (χ3n) is 3.58. The minimum absolute atomic E-state index is 0.210. The molecule has 2 aliphatic rings. The summed E-state index contributed by atoms with van der Waals surface area (Å²) >= 11 is 5.93. The van der Waals surface area contributed by atoms with E-state index in [1.165, 1.54) is 0 Å². The number of nitrogens with one attached hydrogen (secondary N) is 2. The molecule has 1 atom stereocenters. The standard InChI is InChI=1S/C15H11ClN4O/c16-10-7-5-9(6-8-10)13-18-19-14-15(21)17-11-3-1-2-4-12(11)20(13)14/h1-8,13,18H,(H,17,21). The number of rotatable bonds is 1. The summed E-state index contributed by atoms with van der Waals surface area (Å²) in [6.07, 6.45) is -0.218. The van der Waals surface area contributed by atoms with Crippen LogP contribution in [0.15, 0.2) is 53.6 Å². The molecule has 2 aromatic rings. The van der Waals surface area contributed by atoms with Gasteiger partial charge in [0.1, 0.15) is 6.17 Å². The Labute approximate surface area is 126 Å². The van der Waals surface area contributed by atoms with Crippen LogP contribution >= 0.6 is 11.6 Å². The largest absolute Gasteiger partial charge is 0.317 e. The van der Waals surface area contributed by atoms with Crippen LogP contribution < -0.4 is 15.6 Å². The molecule has 21 heavy (non-hydrogen) atoms. The van der Waals surface area contributed by atoms with E-state index in [2.05, 4.69) is 15.8 Å². The van der Waals surface area contributed by atoms with Crippen LogP contribution in [0.3, 0.4) is 0 Å². The van der Waals surface area contributed by atoms with Crippen molar-refractivity contribution in [2.75, 3.05) is 10.2 Å². The molecule has 0 aliphatic carbocycles. The molecule has 0 saturated heterocycles. The summed E-state index contributed by atoms with van der Waals surface area (Å²) in [5.41, 5.74) is 5.70. The number of carbonyl (C=O) groups excluding carboxylic acids is 1. The van der Waals surface area contributed by atoms with Crippen molar-refractivity contribution in [1.82, 2.24) is 5.43 Å². The highest BCUT2D eigenvalue weighted by molar-refractivity contribution is 6.49. The van der Waals surface area contributed by atoms with Gasteiger partial charge in [-0.3, -0.25) is 15.1 Å². The van der Waals surface area contributed by atoms with Gasteiger partial charge in [0.25, 0.3) is 5.91 Å². The molecule has 2 aromatic carbocycles. The highest BCUT2D eigenvalue weighted by Crippen LogP contribution is 2.37. The van der Waals surface area contributed by atoms with Crippen LogP contribution in [0.25, 0.3) is 0 Å². The van der Waals surface area contributed by atoms with Crippen LogP contribution in [-0.4, -0.2) is 11.7 Å². The number of nitrogens with zero attached hydrogens (tertiary/aromatic N) is 2. The Morgan fingerprint density at radius 3 is 2.67 bits per heavy atom. The van der Waals surface area contributed by atoms with Crippen LogP contribution in [0, 0.1) is 0 Å². The molecule has 0 spiro atoms. The molecule has 1 amide bonds. The van der Waals surface area contributed by atoms with Crippen molar-refractivity contribution >= 4 is 34.7 Å². The Morgan fingerprint density at radius 1 is 1.10 bits per heavy atom. The summed E-state index contributed by atoms with van der Waals surface area (Å²) in [7, 11) is 0. The number of hydrogen-bond donors (Lipinski definition) is 2. The van der Waals surface area contributed by atoms with Crippen molar-refractivity contribution in [3.05, 3.63) is 59.1 Å². The number of hydrogen-bond acceptors (Lipinski definition) is 4. The minimum Gasteiger partial charge on any atom is -0.317 e. The second kappa shape index (κ2) is 4.49. The Balaban J connectivity index is 1.81. The summed E-state index contributed by atoms with van der Waals surface area (Å²) in [6, 6.07) is 15.2. The van der Waals surface area contributed by atoms with Gasteiger partial charge in [-0.05, 0) is 29.8 Å². The first kappa shape index (κ1) is 12.2. The topological polar surface area (TPSA) is 56.7 Å². The Hall–Kier alpha value is -2.53. The molecule has 0 aromatic heterocycles. The van der Waals surface area contributed by atoms with Crippen molar-refractivity contribution in [2.24, 2.45) is 5.10 Å². The van der Waals surface area contributed by atoms with Gasteiger partial charge in [-0.25, -0.2) is 0 Å². The number of fused-ring (bicyclic) bond motifs is 3. The molecule has 1 unspecified atom stereocenters. The normalized spacial score (nSPS) is 19.3. The van der Waals surface area contributed by atoms with E-state index in [1.54, 1.807) is 0 Å². The monoisotopic (exact) mass is 298 g/mol. The summed E-state index contributed by atoms with van der Waals surface area (Å²) in [6.45, 7) is 0. The first-order chi connectivity index (χ1) is 10.2. The molecule has 2 N–H and O–H groups in total. The zero-order chi connectivity index (χ0) is 14.4. The molecule has 2 heterocycles. The molecule has 0 saturated carbocycles. The fourth-order valence-electron chi connectivity index (χ4n) is 2.61. The molecular weight excluding hydrogens is 288 g/mol. The number of hydrazone groups is 1. The van der Waals surface area contributed by atoms with Crippen molar-refractivity contribution in [1.29, 1.82) is 0 Å². The first-order valence-electron chi connectivity index (χ1n) is 6.52. The number of carbonyl (C=O) groups is 1. The number of amides is 1. The molecule has 0 radical (unpaired) electrons. The molecular formula is C15H11ClN4O. The zero-order valence-electron chi connectivity index (χ0n) is 10.9. The van der Waals surface area contributed by atoms with Crippen molar-refractivity contribution < 1.29 is 4.79 Å². The van der Waals surface area contributed by atoms with Crippen LogP contribution in [0.5, 0.6) is 0 Å². The van der Waals surface area contributed by atoms with E-state index in [0.29, 0.717) is 10.9 Å². The lowest BCUT2D eigenvalue weighted by molar-refractivity contribution is -0.110. The summed E-state index contributed by atoms with van der Waals surface area (Å²) in [5, 5.41) is 7.68. The van der Waals surface area contributed by atoms with Gasteiger partial charge < -0.3 is 5.32 Å². The fourth-order valence-corrected chi connectivity index (χ4v) is 2.73. The summed E-state index contributed by atoms with van der Waals surface area (Å²) in [5.74, 6) is 0.159. The molecule has 5 nitrogen and oxygen atoms in total. The van der Waals surface area contributed by atoms with Gasteiger partial charge in [0.15, 0.2) is 0 Å². The van der Waals surface area contributed by atoms with Crippen LogP contribution in [-0.2, 0) is 4.79 Å². The smallest absolute Gasteiger partial charge is 0.293 e. The number of amidine groups is 1. The summed E-state index contributed by atoms with van der Waals surface area (Å²) < 4.78 is 0. The lowest BCUT2D eigenvalue weighted by Crippen LogP contribution is -2.43. The SMILES string of the molecule is O=C1Nc2ccccc2N2C1=NNC2c1ccc(Cl)cc1. The van der Waals surface area contributed by atoms with Gasteiger partial charge in [-0.2, -0.15) is 5.10 Å². The molecule has 2 aliphatic heterocycles. The van der Waals surface area contributed by atoms with E-state index in [4.69, 9.17) is 11.6 Å². The predicted octanol–water partition coefficient (Wildman–Crippen LogP) is 2.71. The van der Waals surface area contributed by atoms with Gasteiger partial charge >= 0.3 is 0 Å². The van der Waals surface area contributed by atoms with Crippen LogP contribution in [0.2, 0.25) is 5.02 Å². The maximum absolute atomic E-state index is 12.1. The van der Waals surface area contributed by atoms with E-state index in [0.717, 1.165) is 16.9 Å². The van der Waals surface area contributed by atoms with Crippen LogP contribution in [0.4, 0.5) is 11.4 Å². The lowest BCUT2D eigenvalue weighted by atomic mass is 10.1. The van der Waals surface area contributed by atoms with E-state index in [1.807, 2.05) is 53.4 Å². The number of para-hydroxylation sites is 2. The highest BCUT2D eigenvalue weighted by atomic mass is 35.5. The van der Waals surface area contributed by atoms with E-state index in [-0.39, 0.29) is 12.1 Å². The molecule has 0 bridgehead atoms. The second-order valence-corrected chi connectivity index (χ2v) is 5.30. The Kier molecular flexibility index (Phi) is 2.62. The molecule has 4 rings (SSSR count). The second-order valence-electron chi connectivity index (χ2n) is 4.86. The van der Waals surface area contributed by atoms with E-state index in [9.17, 15) is 4.79 Å². The number of anilines is 2. The van der Waals surface area contributed by atoms with Crippen molar-refractivity contribution in [3.8, 4) is 0 Å². The van der Waals surface area contributed by atoms with Crippen molar-refractivity contribution in [2.45, 2.75) is 6.17 Å². The number of benzene rings is 2. The fraction of sp³-hybridized carbons (Fsp3) is 0.0667. The maximum atomic E-state index is 12.1. The van der Waals surface area contributed by atoms with Gasteiger partial charge in [0.05, 0.1) is 11.4 Å². The first-order valence-corrected chi connectivity index (χ1v) is 6.90. The molecule has 0 fully saturated rings. The Morgan fingerprint density at radius 2 is 1.86 bits per heavy atom. The quantitative estimate of drug-likeness (QED) is 0.851. The Bertz CT molecular complexity index is 757.